The average molecular weight is 341 g/mol. The molecule has 0 spiro atoms. The molecule has 0 aliphatic heterocycles. The number of hydrogen-bond acceptors (Lipinski definition) is 3. The zero-order chi connectivity index (χ0) is 17.8. The van der Waals surface area contributed by atoms with E-state index < -0.39 is 0 Å². The zero-order valence-corrected chi connectivity index (χ0v) is 15.2. The van der Waals surface area contributed by atoms with Gasteiger partial charge < -0.3 is 10.6 Å². The molecule has 1 aliphatic rings. The number of nitrogens with zero attached hydrogens (tertiary/aromatic N) is 3. The Hall–Kier alpha value is -2.37. The lowest BCUT2D eigenvalue weighted by Gasteiger charge is -2.29. The maximum absolute atomic E-state index is 12.1. The van der Waals surface area contributed by atoms with Gasteiger partial charge in [0.05, 0.1) is 5.69 Å². The van der Waals surface area contributed by atoms with E-state index in [1.807, 2.05) is 36.7 Å². The van der Waals surface area contributed by atoms with Crippen LogP contribution >= 0.6 is 0 Å². The molecule has 1 saturated carbocycles. The molecular weight excluding hydrogens is 314 g/mol. The van der Waals surface area contributed by atoms with Gasteiger partial charge in [0.25, 0.3) is 0 Å². The summed E-state index contributed by atoms with van der Waals surface area (Å²) < 4.78 is 1.82. The second-order valence-electron chi connectivity index (χ2n) is 7.06. The molecule has 0 bridgehead atoms. The molecule has 2 N–H and O–H groups in total. The highest BCUT2D eigenvalue weighted by atomic mass is 16.2. The van der Waals surface area contributed by atoms with Gasteiger partial charge in [-0.15, -0.1) is 0 Å². The van der Waals surface area contributed by atoms with Crippen molar-refractivity contribution < 1.29 is 4.79 Å². The fraction of sp³-hybridized carbons (Fsp3) is 0.526. The Labute approximate surface area is 149 Å². The number of carbonyl (C=O) groups is 1. The fourth-order valence-corrected chi connectivity index (χ4v) is 3.44. The topological polar surface area (TPSA) is 71.8 Å². The van der Waals surface area contributed by atoms with Crippen molar-refractivity contribution in [1.82, 2.24) is 25.4 Å². The maximum atomic E-state index is 12.1. The van der Waals surface area contributed by atoms with Crippen LogP contribution in [0.25, 0.3) is 5.82 Å². The molecule has 2 amide bonds. The van der Waals surface area contributed by atoms with Gasteiger partial charge in [0.2, 0.25) is 0 Å². The summed E-state index contributed by atoms with van der Waals surface area (Å²) in [5, 5.41) is 10.5. The molecule has 2 unspecified atom stereocenters. The molecule has 25 heavy (non-hydrogen) atoms. The molecule has 2 aromatic heterocycles. The first-order valence-corrected chi connectivity index (χ1v) is 9.06. The summed E-state index contributed by atoms with van der Waals surface area (Å²) in [4.78, 5) is 16.6. The number of nitrogens with one attached hydrogen (secondary N) is 2. The van der Waals surface area contributed by atoms with E-state index in [-0.39, 0.29) is 6.03 Å². The number of pyridine rings is 1. The number of amides is 2. The number of rotatable bonds is 4. The van der Waals surface area contributed by atoms with Crippen LogP contribution in [0.2, 0.25) is 0 Å². The van der Waals surface area contributed by atoms with Crippen molar-refractivity contribution in [2.75, 3.05) is 0 Å². The summed E-state index contributed by atoms with van der Waals surface area (Å²) in [6.07, 6.45) is 6.53. The Morgan fingerprint density at radius 2 is 2.08 bits per heavy atom. The van der Waals surface area contributed by atoms with Crippen molar-refractivity contribution in [3.63, 3.8) is 0 Å². The van der Waals surface area contributed by atoms with Gasteiger partial charge in [0.1, 0.15) is 0 Å². The summed E-state index contributed by atoms with van der Waals surface area (Å²) in [6, 6.07) is 6.12. The highest BCUT2D eigenvalue weighted by Gasteiger charge is 2.22. The molecule has 2 aromatic rings. The number of urea groups is 1. The third-order valence-electron chi connectivity index (χ3n) is 4.92. The average Bonchev–Trinajstić information content (AvgIpc) is 2.94. The van der Waals surface area contributed by atoms with Gasteiger partial charge in [0.15, 0.2) is 5.82 Å². The molecule has 0 saturated heterocycles. The van der Waals surface area contributed by atoms with E-state index in [2.05, 4.69) is 27.6 Å². The van der Waals surface area contributed by atoms with Gasteiger partial charge in [-0.2, -0.15) is 5.10 Å². The predicted octanol–water partition coefficient (Wildman–Crippen LogP) is 3.26. The highest BCUT2D eigenvalue weighted by Crippen LogP contribution is 2.23. The highest BCUT2D eigenvalue weighted by molar-refractivity contribution is 5.74. The van der Waals surface area contributed by atoms with Crippen LogP contribution in [0.4, 0.5) is 4.79 Å². The van der Waals surface area contributed by atoms with Gasteiger partial charge in [-0.05, 0) is 50.3 Å². The van der Waals surface area contributed by atoms with Crippen LogP contribution in [0.5, 0.6) is 0 Å². The van der Waals surface area contributed by atoms with E-state index in [4.69, 9.17) is 0 Å². The van der Waals surface area contributed by atoms with E-state index in [0.29, 0.717) is 18.5 Å². The lowest BCUT2D eigenvalue weighted by atomic mass is 9.86. The number of aromatic nitrogens is 3. The Morgan fingerprint density at radius 1 is 1.28 bits per heavy atom. The molecule has 2 heterocycles. The molecule has 6 nitrogen and oxygen atoms in total. The van der Waals surface area contributed by atoms with Crippen LogP contribution in [0.15, 0.2) is 24.4 Å². The van der Waals surface area contributed by atoms with Crippen LogP contribution in [0.1, 0.15) is 49.6 Å². The normalized spacial score (nSPS) is 20.3. The van der Waals surface area contributed by atoms with Gasteiger partial charge in [-0.1, -0.05) is 25.8 Å². The van der Waals surface area contributed by atoms with Crippen molar-refractivity contribution in [2.24, 2.45) is 5.92 Å². The van der Waals surface area contributed by atoms with Crippen molar-refractivity contribution >= 4 is 6.03 Å². The van der Waals surface area contributed by atoms with Crippen LogP contribution < -0.4 is 10.6 Å². The molecule has 1 aliphatic carbocycles. The van der Waals surface area contributed by atoms with E-state index in [9.17, 15) is 4.79 Å². The lowest BCUT2D eigenvalue weighted by molar-refractivity contribution is 0.221. The van der Waals surface area contributed by atoms with Crippen molar-refractivity contribution in [3.8, 4) is 5.82 Å². The van der Waals surface area contributed by atoms with Gasteiger partial charge in [-0.3, -0.25) is 0 Å². The summed E-state index contributed by atoms with van der Waals surface area (Å²) >= 11 is 0. The summed E-state index contributed by atoms with van der Waals surface area (Å²) in [6.45, 7) is 6.66. The maximum Gasteiger partial charge on any atom is 0.315 e. The van der Waals surface area contributed by atoms with Crippen molar-refractivity contribution in [1.29, 1.82) is 0 Å². The minimum Gasteiger partial charge on any atom is -0.335 e. The van der Waals surface area contributed by atoms with Gasteiger partial charge in [0, 0.05) is 24.5 Å². The third-order valence-corrected chi connectivity index (χ3v) is 4.92. The minimum atomic E-state index is -0.0960. The molecule has 1 fully saturated rings. The first-order chi connectivity index (χ1) is 12.0. The van der Waals surface area contributed by atoms with Crippen LogP contribution in [-0.4, -0.2) is 26.8 Å². The van der Waals surface area contributed by atoms with E-state index in [1.54, 1.807) is 6.20 Å². The standard InChI is InChI=1S/C19H27N5O/c1-13-6-4-5-7-17(13)22-19(25)21-12-16-8-9-18(20-11-16)24-15(3)10-14(2)23-24/h8-11,13,17H,4-7,12H2,1-3H3,(H2,21,22,25). The SMILES string of the molecule is Cc1cc(C)n(-c2ccc(CNC(=O)NC3CCCCC3C)cn2)n1. The smallest absolute Gasteiger partial charge is 0.315 e. The van der Waals surface area contributed by atoms with Crippen LogP contribution in [-0.2, 0) is 6.54 Å². The Balaban J connectivity index is 1.53. The Kier molecular flexibility index (Phi) is 5.36. The Morgan fingerprint density at radius 3 is 2.72 bits per heavy atom. The number of hydrogen-bond donors (Lipinski definition) is 2. The van der Waals surface area contributed by atoms with Crippen molar-refractivity contribution in [3.05, 3.63) is 41.3 Å². The molecule has 6 heteroatoms. The molecule has 2 atom stereocenters. The predicted molar refractivity (Wildman–Crippen MR) is 97.6 cm³/mol. The summed E-state index contributed by atoms with van der Waals surface area (Å²) in [5.74, 6) is 1.34. The minimum absolute atomic E-state index is 0.0960. The summed E-state index contributed by atoms with van der Waals surface area (Å²) in [5.41, 5.74) is 2.99. The van der Waals surface area contributed by atoms with Gasteiger partial charge >= 0.3 is 6.03 Å². The van der Waals surface area contributed by atoms with E-state index >= 15 is 0 Å². The quantitative estimate of drug-likeness (QED) is 0.896. The molecule has 3 rings (SSSR count). The molecular formula is C19H27N5O. The lowest BCUT2D eigenvalue weighted by Crippen LogP contribution is -2.45. The second-order valence-corrected chi connectivity index (χ2v) is 7.06. The van der Waals surface area contributed by atoms with Crippen LogP contribution in [0.3, 0.4) is 0 Å². The zero-order valence-electron chi connectivity index (χ0n) is 15.2. The molecule has 134 valence electrons. The number of carbonyl (C=O) groups excluding carboxylic acids is 1. The first-order valence-electron chi connectivity index (χ1n) is 9.06. The van der Waals surface area contributed by atoms with E-state index in [0.717, 1.165) is 29.2 Å². The second kappa shape index (κ2) is 7.68. The largest absolute Gasteiger partial charge is 0.335 e. The van der Waals surface area contributed by atoms with Gasteiger partial charge in [-0.25, -0.2) is 14.5 Å². The van der Waals surface area contributed by atoms with Crippen molar-refractivity contribution in [2.45, 2.75) is 59.0 Å². The van der Waals surface area contributed by atoms with Crippen LogP contribution in [0, 0.1) is 19.8 Å². The molecule has 0 radical (unpaired) electrons. The summed E-state index contributed by atoms with van der Waals surface area (Å²) in [7, 11) is 0. The number of aryl methyl sites for hydroxylation is 2. The molecule has 0 aromatic carbocycles. The van der Waals surface area contributed by atoms with E-state index in [1.165, 1.54) is 19.3 Å². The monoisotopic (exact) mass is 341 g/mol. The third kappa shape index (κ3) is 4.38. The Bertz CT molecular complexity index is 722. The first kappa shape index (κ1) is 17.5. The fourth-order valence-electron chi connectivity index (χ4n) is 3.44.